The van der Waals surface area contributed by atoms with E-state index in [0.29, 0.717) is 29.9 Å². The number of nitro benzene ring substituents is 1. The predicted molar refractivity (Wildman–Crippen MR) is 180 cm³/mol. The Hall–Kier alpha value is -4.76. The summed E-state index contributed by atoms with van der Waals surface area (Å²) in [6.45, 7) is 11.1. The molecule has 9 nitrogen and oxygen atoms in total. The normalized spacial score (nSPS) is 20.0. The van der Waals surface area contributed by atoms with Crippen LogP contribution in [0.15, 0.2) is 107 Å². The van der Waals surface area contributed by atoms with E-state index < -0.39 is 34.5 Å². The van der Waals surface area contributed by atoms with E-state index in [-0.39, 0.29) is 22.8 Å². The van der Waals surface area contributed by atoms with Crippen LogP contribution in [-0.2, 0) is 19.1 Å². The summed E-state index contributed by atoms with van der Waals surface area (Å²) in [5, 5.41) is 14.9. The number of hydrogen-bond acceptors (Lipinski definition) is 8. The number of likely N-dealkylation sites (tertiary alicyclic amines) is 1. The van der Waals surface area contributed by atoms with Gasteiger partial charge in [-0.05, 0) is 64.3 Å². The third-order valence-electron chi connectivity index (χ3n) is 8.95. The van der Waals surface area contributed by atoms with Crippen LogP contribution in [0.1, 0.15) is 76.0 Å². The summed E-state index contributed by atoms with van der Waals surface area (Å²) >= 11 is 0. The average Bonchev–Trinajstić information content (AvgIpc) is 3.41. The molecule has 2 aliphatic heterocycles. The molecule has 47 heavy (non-hydrogen) atoms. The highest BCUT2D eigenvalue weighted by Gasteiger charge is 2.43. The van der Waals surface area contributed by atoms with Crippen molar-refractivity contribution in [2.75, 3.05) is 19.6 Å². The van der Waals surface area contributed by atoms with Crippen molar-refractivity contribution in [2.24, 2.45) is 0 Å². The third-order valence-corrected chi connectivity index (χ3v) is 8.95. The van der Waals surface area contributed by atoms with Gasteiger partial charge in [-0.25, -0.2) is 9.59 Å². The number of carbonyl (C=O) groups is 2. The van der Waals surface area contributed by atoms with E-state index in [2.05, 4.69) is 58.7 Å². The van der Waals surface area contributed by atoms with Crippen LogP contribution in [0.4, 0.5) is 5.69 Å². The summed E-state index contributed by atoms with van der Waals surface area (Å²) in [5.41, 5.74) is 3.58. The molecule has 0 bridgehead atoms. The van der Waals surface area contributed by atoms with Gasteiger partial charge in [0.1, 0.15) is 5.60 Å². The molecule has 9 heteroatoms. The minimum absolute atomic E-state index is 0.136. The van der Waals surface area contributed by atoms with Crippen LogP contribution in [0.5, 0.6) is 0 Å². The molecule has 3 aromatic carbocycles. The van der Waals surface area contributed by atoms with Crippen LogP contribution in [0.2, 0.25) is 0 Å². The van der Waals surface area contributed by atoms with Crippen LogP contribution in [0.3, 0.4) is 0 Å². The first-order valence-corrected chi connectivity index (χ1v) is 16.1. The predicted octanol–water partition coefficient (Wildman–Crippen LogP) is 7.01. The van der Waals surface area contributed by atoms with E-state index in [0.717, 1.165) is 19.5 Å². The van der Waals surface area contributed by atoms with Crippen LogP contribution < -0.4 is 5.32 Å². The Kier molecular flexibility index (Phi) is 10.3. The number of hydrogen-bond donors (Lipinski definition) is 1. The van der Waals surface area contributed by atoms with Crippen LogP contribution in [-0.4, -0.2) is 53.1 Å². The first-order chi connectivity index (χ1) is 22.5. The molecule has 0 unspecified atom stereocenters. The quantitative estimate of drug-likeness (QED) is 0.136. The highest BCUT2D eigenvalue weighted by atomic mass is 16.6. The zero-order chi connectivity index (χ0) is 33.7. The van der Waals surface area contributed by atoms with Gasteiger partial charge >= 0.3 is 11.9 Å². The number of esters is 2. The van der Waals surface area contributed by atoms with E-state index in [9.17, 15) is 19.7 Å². The summed E-state index contributed by atoms with van der Waals surface area (Å²) in [5.74, 6) is -1.83. The Morgan fingerprint density at radius 1 is 0.936 bits per heavy atom. The van der Waals surface area contributed by atoms with E-state index in [1.807, 2.05) is 19.1 Å². The topological polar surface area (TPSA) is 111 Å². The second-order valence-corrected chi connectivity index (χ2v) is 13.0. The molecule has 5 rings (SSSR count). The molecule has 246 valence electrons. The van der Waals surface area contributed by atoms with Crippen molar-refractivity contribution >= 4 is 17.6 Å². The lowest BCUT2D eigenvalue weighted by atomic mass is 9.80. The van der Waals surface area contributed by atoms with E-state index in [4.69, 9.17) is 9.47 Å². The zero-order valence-electron chi connectivity index (χ0n) is 27.7. The minimum Gasteiger partial charge on any atom is -0.460 e. The molecule has 0 aliphatic carbocycles. The third kappa shape index (κ3) is 7.80. The smallest absolute Gasteiger partial charge is 0.337 e. The first-order valence-electron chi connectivity index (χ1n) is 16.1. The van der Waals surface area contributed by atoms with E-state index in [1.54, 1.807) is 39.8 Å². The Morgan fingerprint density at radius 2 is 1.53 bits per heavy atom. The van der Waals surface area contributed by atoms with Crippen molar-refractivity contribution in [2.45, 2.75) is 71.0 Å². The molecule has 0 amide bonds. The molecule has 0 aromatic heterocycles. The van der Waals surface area contributed by atoms with Crippen LogP contribution >= 0.6 is 0 Å². The summed E-state index contributed by atoms with van der Waals surface area (Å²) in [6.07, 6.45) is 1.16. The highest BCUT2D eigenvalue weighted by Crippen LogP contribution is 2.41. The maximum Gasteiger partial charge on any atom is 0.337 e. The number of nitro groups is 1. The van der Waals surface area contributed by atoms with Gasteiger partial charge in [-0.15, -0.1) is 0 Å². The number of carbonyl (C=O) groups excluding carboxylic acids is 2. The van der Waals surface area contributed by atoms with Crippen molar-refractivity contribution in [3.05, 3.63) is 134 Å². The molecule has 3 aromatic rings. The maximum absolute atomic E-state index is 14.2. The van der Waals surface area contributed by atoms with Gasteiger partial charge in [0.05, 0.1) is 28.1 Å². The second kappa shape index (κ2) is 14.3. The van der Waals surface area contributed by atoms with Crippen molar-refractivity contribution in [3.63, 3.8) is 0 Å². The number of rotatable bonds is 11. The van der Waals surface area contributed by atoms with Crippen molar-refractivity contribution in [1.29, 1.82) is 0 Å². The van der Waals surface area contributed by atoms with Crippen molar-refractivity contribution in [1.82, 2.24) is 10.2 Å². The molecule has 0 radical (unpaired) electrons. The second-order valence-electron chi connectivity index (χ2n) is 13.0. The standard InChI is InChI=1S/C38H43N3O6/c1-25(2)46-36(42)33-26(3)39-27(4)34(35(33)30-17-12-18-31(23-30)41(44)45)37(43)47-38(5)20-22-40(24-38)21-19-32(28-13-8-6-9-14-28)29-15-10-7-11-16-29/h6-18,23,25,32,35,39H,19-22,24H2,1-5H3/t35-,38-/m0/s1. The zero-order valence-corrected chi connectivity index (χ0v) is 27.7. The van der Waals surface area contributed by atoms with Gasteiger partial charge in [0.25, 0.3) is 5.69 Å². The Bertz CT molecular complexity index is 1640. The number of non-ortho nitro benzene ring substituents is 1. The van der Waals surface area contributed by atoms with Gasteiger partial charge in [-0.2, -0.15) is 0 Å². The number of nitrogens with one attached hydrogen (secondary N) is 1. The fourth-order valence-electron chi connectivity index (χ4n) is 6.75. The van der Waals surface area contributed by atoms with Gasteiger partial charge in [0.15, 0.2) is 0 Å². The lowest BCUT2D eigenvalue weighted by Gasteiger charge is -2.33. The fraction of sp³-hybridized carbons (Fsp3) is 0.368. The maximum atomic E-state index is 14.2. The number of allylic oxidation sites excluding steroid dienone is 2. The minimum atomic E-state index is -0.909. The molecule has 0 spiro atoms. The Labute approximate surface area is 276 Å². The molecular weight excluding hydrogens is 594 g/mol. The Morgan fingerprint density at radius 3 is 2.11 bits per heavy atom. The fourth-order valence-corrected chi connectivity index (χ4v) is 6.75. The molecule has 1 N–H and O–H groups in total. The molecule has 2 aliphatic rings. The Balaban J connectivity index is 1.36. The number of ether oxygens (including phenoxy) is 2. The summed E-state index contributed by atoms with van der Waals surface area (Å²) in [4.78, 5) is 41.1. The van der Waals surface area contributed by atoms with Crippen LogP contribution in [0.25, 0.3) is 0 Å². The van der Waals surface area contributed by atoms with Gasteiger partial charge < -0.3 is 14.8 Å². The number of dihydropyridines is 1. The summed E-state index contributed by atoms with van der Waals surface area (Å²) < 4.78 is 11.9. The largest absolute Gasteiger partial charge is 0.460 e. The monoisotopic (exact) mass is 637 g/mol. The highest BCUT2D eigenvalue weighted by molar-refractivity contribution is 6.00. The van der Waals surface area contributed by atoms with E-state index >= 15 is 0 Å². The summed E-state index contributed by atoms with van der Waals surface area (Å²) in [7, 11) is 0. The number of benzene rings is 3. The molecule has 1 saturated heterocycles. The van der Waals surface area contributed by atoms with Gasteiger partial charge in [0.2, 0.25) is 0 Å². The molecule has 2 heterocycles. The molecule has 1 fully saturated rings. The van der Waals surface area contributed by atoms with Crippen LogP contribution in [0, 0.1) is 10.1 Å². The average molecular weight is 638 g/mol. The van der Waals surface area contributed by atoms with E-state index in [1.165, 1.54) is 23.3 Å². The van der Waals surface area contributed by atoms with Gasteiger partial charge in [-0.1, -0.05) is 72.8 Å². The lowest BCUT2D eigenvalue weighted by molar-refractivity contribution is -0.384. The molecule has 0 saturated carbocycles. The van der Waals surface area contributed by atoms with Gasteiger partial charge in [0, 0.05) is 49.0 Å². The lowest BCUT2D eigenvalue weighted by Crippen LogP contribution is -2.39. The number of nitrogens with zero attached hydrogens (tertiary/aromatic N) is 2. The van der Waals surface area contributed by atoms with Gasteiger partial charge in [-0.3, -0.25) is 15.0 Å². The SMILES string of the molecule is CC1=C(C(=O)OC(C)C)[C@H](c2cccc([N+](=O)[O-])c2)C(C(=O)O[C@@]2(C)CCN(CCC(c3ccccc3)c3ccccc3)C2)=C(C)N1. The van der Waals surface area contributed by atoms with Crippen molar-refractivity contribution in [3.8, 4) is 0 Å². The molecular formula is C38H43N3O6. The van der Waals surface area contributed by atoms with Crippen molar-refractivity contribution < 1.29 is 24.0 Å². The first kappa shape index (κ1) is 33.6. The molecule has 2 atom stereocenters. The summed E-state index contributed by atoms with van der Waals surface area (Å²) in [6, 6.07) is 27.0.